The molecule has 0 N–H and O–H groups in total. The van der Waals surface area contributed by atoms with E-state index in [1.165, 1.54) is 116 Å². The van der Waals surface area contributed by atoms with Crippen LogP contribution in [-0.4, -0.2) is 25.2 Å². The zero-order valence-corrected chi connectivity index (χ0v) is 29.0. The van der Waals surface area contributed by atoms with Crippen molar-refractivity contribution in [3.05, 3.63) is 0 Å². The number of unbranched alkanes of at least 4 members (excludes halogenated alkanes) is 15. The normalized spacial score (nSPS) is 20.0. The molecule has 1 saturated carbocycles. The van der Waals surface area contributed by atoms with E-state index < -0.39 is 0 Å². The Hall–Kier alpha value is -1.06. The van der Waals surface area contributed by atoms with Crippen molar-refractivity contribution < 1.29 is 19.1 Å². The molecule has 0 aromatic heterocycles. The van der Waals surface area contributed by atoms with Gasteiger partial charge >= 0.3 is 11.9 Å². The average Bonchev–Trinajstić information content (AvgIpc) is 2.96. The summed E-state index contributed by atoms with van der Waals surface area (Å²) in [4.78, 5) is 23.8. The van der Waals surface area contributed by atoms with Crippen molar-refractivity contribution >= 4 is 11.9 Å². The number of ether oxygens (including phenoxy) is 2. The molecule has 1 fully saturated rings. The number of carbonyl (C=O) groups excluding carboxylic acids is 2. The third-order valence-corrected chi connectivity index (χ3v) is 10.1. The average molecular weight is 593 g/mol. The van der Waals surface area contributed by atoms with Gasteiger partial charge in [0.05, 0.1) is 13.2 Å². The molecule has 0 aromatic rings. The Kier molecular flexibility index (Phi) is 22.5. The monoisotopic (exact) mass is 593 g/mol. The van der Waals surface area contributed by atoms with Gasteiger partial charge < -0.3 is 9.47 Å². The van der Waals surface area contributed by atoms with Gasteiger partial charge in [0.15, 0.2) is 0 Å². The highest BCUT2D eigenvalue weighted by molar-refractivity contribution is 5.69. The van der Waals surface area contributed by atoms with E-state index in [9.17, 15) is 9.59 Å². The quantitative estimate of drug-likeness (QED) is 0.0703. The minimum Gasteiger partial charge on any atom is -0.466 e. The fourth-order valence-corrected chi connectivity index (χ4v) is 6.81. The number of hydrogen-bond acceptors (Lipinski definition) is 4. The summed E-state index contributed by atoms with van der Waals surface area (Å²) in [5, 5.41) is 0. The molecule has 1 aliphatic rings. The summed E-state index contributed by atoms with van der Waals surface area (Å²) in [6.07, 6.45) is 30.5. The maximum Gasteiger partial charge on any atom is 0.305 e. The molecule has 2 unspecified atom stereocenters. The molecule has 1 rings (SSSR count). The van der Waals surface area contributed by atoms with Crippen LogP contribution < -0.4 is 0 Å². The second-order valence-electron chi connectivity index (χ2n) is 14.7. The summed E-state index contributed by atoms with van der Waals surface area (Å²) < 4.78 is 10.8. The van der Waals surface area contributed by atoms with E-state index >= 15 is 0 Å². The first kappa shape index (κ1) is 39.0. The van der Waals surface area contributed by atoms with Crippen molar-refractivity contribution in [2.45, 2.75) is 202 Å². The van der Waals surface area contributed by atoms with Crippen molar-refractivity contribution in [1.82, 2.24) is 0 Å². The van der Waals surface area contributed by atoms with Crippen LogP contribution in [0.1, 0.15) is 202 Å². The highest BCUT2D eigenvalue weighted by Gasteiger charge is 2.41. The van der Waals surface area contributed by atoms with Crippen molar-refractivity contribution in [3.8, 4) is 0 Å². The van der Waals surface area contributed by atoms with E-state index in [0.717, 1.165) is 44.4 Å². The Morgan fingerprint density at radius 1 is 0.571 bits per heavy atom. The predicted molar refractivity (Wildman–Crippen MR) is 179 cm³/mol. The molecule has 2 atom stereocenters. The fourth-order valence-electron chi connectivity index (χ4n) is 6.81. The van der Waals surface area contributed by atoms with Crippen LogP contribution in [0.4, 0.5) is 0 Å². The molecule has 0 heterocycles. The minimum atomic E-state index is -0.00213. The van der Waals surface area contributed by atoms with E-state index in [2.05, 4.69) is 34.6 Å². The van der Waals surface area contributed by atoms with E-state index in [0.29, 0.717) is 36.9 Å². The lowest BCUT2D eigenvalue weighted by atomic mass is 9.57. The van der Waals surface area contributed by atoms with Crippen LogP contribution in [0.3, 0.4) is 0 Å². The van der Waals surface area contributed by atoms with E-state index in [-0.39, 0.29) is 11.9 Å². The van der Waals surface area contributed by atoms with Gasteiger partial charge in [-0.15, -0.1) is 0 Å². The SMILES string of the molecule is CCCCCCCOC(=O)CCCCCCC1CC(C)(CCCCCCCOC(=O)CCCCCCC)CCC1(C)C. The first-order chi connectivity index (χ1) is 20.2. The third-order valence-electron chi connectivity index (χ3n) is 10.1. The lowest BCUT2D eigenvalue weighted by Crippen LogP contribution is -2.37. The smallest absolute Gasteiger partial charge is 0.305 e. The third kappa shape index (κ3) is 20.0. The molecule has 4 heteroatoms. The van der Waals surface area contributed by atoms with Gasteiger partial charge in [0, 0.05) is 12.8 Å². The van der Waals surface area contributed by atoms with Gasteiger partial charge in [0.1, 0.15) is 0 Å². The van der Waals surface area contributed by atoms with Crippen LogP contribution in [0.15, 0.2) is 0 Å². The molecule has 0 aliphatic heterocycles. The number of rotatable bonds is 27. The molecule has 0 aromatic carbocycles. The van der Waals surface area contributed by atoms with Gasteiger partial charge in [-0.25, -0.2) is 0 Å². The molecule has 4 nitrogen and oxygen atoms in total. The molecule has 0 bridgehead atoms. The zero-order chi connectivity index (χ0) is 30.9. The Bertz CT molecular complexity index is 672. The number of carbonyl (C=O) groups is 2. The van der Waals surface area contributed by atoms with Crippen LogP contribution in [0.2, 0.25) is 0 Å². The van der Waals surface area contributed by atoms with Gasteiger partial charge in [-0.1, -0.05) is 131 Å². The maximum atomic E-state index is 12.0. The first-order valence-corrected chi connectivity index (χ1v) is 18.5. The maximum absolute atomic E-state index is 12.0. The molecule has 0 saturated heterocycles. The highest BCUT2D eigenvalue weighted by Crippen LogP contribution is 2.52. The summed E-state index contributed by atoms with van der Waals surface area (Å²) in [7, 11) is 0. The lowest BCUT2D eigenvalue weighted by molar-refractivity contribution is -0.144. The molecule has 42 heavy (non-hydrogen) atoms. The first-order valence-electron chi connectivity index (χ1n) is 18.5. The lowest BCUT2D eigenvalue weighted by Gasteiger charge is -2.48. The fraction of sp³-hybridized carbons (Fsp3) is 0.947. The zero-order valence-electron chi connectivity index (χ0n) is 29.0. The van der Waals surface area contributed by atoms with Crippen LogP contribution in [0, 0.1) is 16.7 Å². The van der Waals surface area contributed by atoms with Crippen molar-refractivity contribution in [2.75, 3.05) is 13.2 Å². The molecule has 248 valence electrons. The largest absolute Gasteiger partial charge is 0.466 e. The van der Waals surface area contributed by atoms with Crippen molar-refractivity contribution in [1.29, 1.82) is 0 Å². The predicted octanol–water partition coefficient (Wildman–Crippen LogP) is 11.9. The summed E-state index contributed by atoms with van der Waals surface area (Å²) >= 11 is 0. The second-order valence-corrected chi connectivity index (χ2v) is 14.7. The summed E-state index contributed by atoms with van der Waals surface area (Å²) in [6, 6.07) is 0. The number of hydrogen-bond donors (Lipinski definition) is 0. The number of esters is 2. The topological polar surface area (TPSA) is 52.6 Å². The summed E-state index contributed by atoms with van der Waals surface area (Å²) in [5.41, 5.74) is 0.945. The second kappa shape index (κ2) is 24.3. The summed E-state index contributed by atoms with van der Waals surface area (Å²) in [5.74, 6) is 0.814. The van der Waals surface area contributed by atoms with Crippen molar-refractivity contribution in [2.24, 2.45) is 16.7 Å². The standard InChI is InChI=1S/C38H72O4/c1-6-8-10-13-20-26-35(39)42-32-24-18-12-16-22-28-38(5)30-29-37(3,4)34(33-38)25-19-14-15-21-27-36(40)41-31-23-17-11-9-7-2/h34H,6-33H2,1-5H3. The van der Waals surface area contributed by atoms with Gasteiger partial charge in [-0.2, -0.15) is 0 Å². The van der Waals surface area contributed by atoms with Crippen LogP contribution >= 0.6 is 0 Å². The Morgan fingerprint density at radius 3 is 1.57 bits per heavy atom. The van der Waals surface area contributed by atoms with E-state index in [1.54, 1.807) is 0 Å². The van der Waals surface area contributed by atoms with Crippen LogP contribution in [0.5, 0.6) is 0 Å². The van der Waals surface area contributed by atoms with E-state index in [4.69, 9.17) is 9.47 Å². The van der Waals surface area contributed by atoms with Gasteiger partial charge in [0.25, 0.3) is 0 Å². The highest BCUT2D eigenvalue weighted by atomic mass is 16.5. The Labute approximate surface area is 262 Å². The molecule has 0 radical (unpaired) electrons. The van der Waals surface area contributed by atoms with Gasteiger partial charge in [-0.3, -0.25) is 9.59 Å². The Balaban J connectivity index is 2.10. The Morgan fingerprint density at radius 2 is 1.02 bits per heavy atom. The molecule has 1 aliphatic carbocycles. The molecule has 0 amide bonds. The van der Waals surface area contributed by atoms with Gasteiger partial charge in [-0.05, 0) is 74.5 Å². The van der Waals surface area contributed by atoms with Crippen molar-refractivity contribution in [3.63, 3.8) is 0 Å². The summed E-state index contributed by atoms with van der Waals surface area (Å²) in [6.45, 7) is 13.2. The van der Waals surface area contributed by atoms with Gasteiger partial charge in [0.2, 0.25) is 0 Å². The van der Waals surface area contributed by atoms with Crippen LogP contribution in [-0.2, 0) is 19.1 Å². The molecule has 0 spiro atoms. The molecular formula is C38H72O4. The van der Waals surface area contributed by atoms with E-state index in [1.807, 2.05) is 0 Å². The van der Waals surface area contributed by atoms with Crippen LogP contribution in [0.25, 0.3) is 0 Å². The molecular weight excluding hydrogens is 520 g/mol. The minimum absolute atomic E-state index is 0.00149.